The largest absolute Gasteiger partial charge is 0.478 e. The van der Waals surface area contributed by atoms with Crippen molar-refractivity contribution >= 4 is 12.2 Å². The Kier molecular flexibility index (Phi) is 4.73. The Bertz CT molecular complexity index is 214. The Hall–Kier alpha value is -1.38. The third-order valence-electron chi connectivity index (χ3n) is 0.983. The van der Waals surface area contributed by atoms with Crippen molar-refractivity contribution in [2.45, 2.75) is 6.92 Å². The zero-order valence-corrected chi connectivity index (χ0v) is 6.61. The van der Waals surface area contributed by atoms with E-state index in [1.165, 1.54) is 19.3 Å². The molecule has 0 spiro atoms. The third-order valence-corrected chi connectivity index (χ3v) is 0.983. The van der Waals surface area contributed by atoms with Crippen LogP contribution < -0.4 is 0 Å². The predicted octanol–water partition coefficient (Wildman–Crippen LogP) is 1.27. The van der Waals surface area contributed by atoms with Crippen LogP contribution in [0.3, 0.4) is 0 Å². The molecule has 0 atom stereocenters. The molecule has 0 heterocycles. The lowest BCUT2D eigenvalue weighted by molar-refractivity contribution is -0.132. The van der Waals surface area contributed by atoms with Gasteiger partial charge in [0.05, 0.1) is 5.57 Å². The molecule has 3 nitrogen and oxygen atoms in total. The van der Waals surface area contributed by atoms with Crippen LogP contribution in [-0.2, 0) is 4.79 Å². The van der Waals surface area contributed by atoms with Gasteiger partial charge in [-0.2, -0.15) is 0 Å². The van der Waals surface area contributed by atoms with E-state index in [1.54, 1.807) is 12.2 Å². The van der Waals surface area contributed by atoms with Gasteiger partial charge in [-0.25, -0.2) is 4.79 Å². The Morgan fingerprint density at radius 3 is 2.55 bits per heavy atom. The fourth-order valence-electron chi connectivity index (χ4n) is 0.509. The summed E-state index contributed by atoms with van der Waals surface area (Å²) in [5.41, 5.74) is 0.186. The Morgan fingerprint density at radius 2 is 2.18 bits per heavy atom. The third kappa shape index (κ3) is 4.08. The zero-order chi connectivity index (χ0) is 8.69. The van der Waals surface area contributed by atoms with Crippen molar-refractivity contribution in [3.05, 3.63) is 23.8 Å². The second kappa shape index (κ2) is 5.41. The maximum atomic E-state index is 10.4. The summed E-state index contributed by atoms with van der Waals surface area (Å²) >= 11 is 0. The topological polar surface area (TPSA) is 49.7 Å². The summed E-state index contributed by atoms with van der Waals surface area (Å²) in [5, 5.41) is 8.54. The molecule has 0 aliphatic heterocycles. The quantitative estimate of drug-likeness (QED) is 0.377. The summed E-state index contributed by atoms with van der Waals surface area (Å²) in [6, 6.07) is 0. The minimum Gasteiger partial charge on any atom is -0.478 e. The van der Waals surface area contributed by atoms with Crippen LogP contribution in [0.1, 0.15) is 6.92 Å². The molecule has 0 amide bonds. The number of aliphatic carboxylic acids is 1. The molecule has 0 saturated carbocycles. The van der Waals surface area contributed by atoms with Crippen molar-refractivity contribution in [2.75, 3.05) is 7.05 Å². The van der Waals surface area contributed by atoms with Gasteiger partial charge >= 0.3 is 5.97 Å². The molecule has 0 aromatic rings. The van der Waals surface area contributed by atoms with E-state index in [0.29, 0.717) is 0 Å². The molecule has 3 heteroatoms. The van der Waals surface area contributed by atoms with Crippen LogP contribution in [0.15, 0.2) is 28.8 Å². The number of hydrogen-bond acceptors (Lipinski definition) is 2. The maximum Gasteiger partial charge on any atom is 0.337 e. The summed E-state index contributed by atoms with van der Waals surface area (Å²) in [7, 11) is 1.53. The number of allylic oxidation sites excluding steroid dienone is 3. The number of carboxylic acid groups (broad SMARTS) is 1. The smallest absolute Gasteiger partial charge is 0.337 e. The van der Waals surface area contributed by atoms with Crippen LogP contribution in [0.2, 0.25) is 0 Å². The van der Waals surface area contributed by atoms with E-state index in [2.05, 4.69) is 4.99 Å². The van der Waals surface area contributed by atoms with Crippen LogP contribution >= 0.6 is 0 Å². The first-order chi connectivity index (χ1) is 5.22. The predicted molar refractivity (Wildman–Crippen MR) is 44.9 cm³/mol. The van der Waals surface area contributed by atoms with Gasteiger partial charge in [0.15, 0.2) is 0 Å². The molecule has 11 heavy (non-hydrogen) atoms. The number of carboxylic acids is 1. The summed E-state index contributed by atoms with van der Waals surface area (Å²) in [6.45, 7) is 1.82. The van der Waals surface area contributed by atoms with Gasteiger partial charge in [-0.15, -0.1) is 0 Å². The van der Waals surface area contributed by atoms with Crippen molar-refractivity contribution in [1.82, 2.24) is 0 Å². The van der Waals surface area contributed by atoms with Crippen LogP contribution in [0, 0.1) is 0 Å². The molecule has 60 valence electrons. The molecule has 0 aliphatic rings. The normalized spacial score (nSPS) is 13.1. The standard InChI is InChI=1S/C8H11NO2/c1-3-4-5-7(6-9-2)8(10)11/h3-6H,1-2H3,(H,10,11). The van der Waals surface area contributed by atoms with Crippen LogP contribution in [-0.4, -0.2) is 24.3 Å². The first kappa shape index (κ1) is 9.62. The minimum atomic E-state index is -0.964. The maximum absolute atomic E-state index is 10.4. The fraction of sp³-hybridized carbons (Fsp3) is 0.250. The zero-order valence-electron chi connectivity index (χ0n) is 6.61. The summed E-state index contributed by atoms with van der Waals surface area (Å²) < 4.78 is 0. The van der Waals surface area contributed by atoms with Crippen molar-refractivity contribution in [3.63, 3.8) is 0 Å². The molecular formula is C8H11NO2. The van der Waals surface area contributed by atoms with Gasteiger partial charge in [0, 0.05) is 13.3 Å². The first-order valence-electron chi connectivity index (χ1n) is 3.20. The van der Waals surface area contributed by atoms with Crippen molar-refractivity contribution in [1.29, 1.82) is 0 Å². The summed E-state index contributed by atoms with van der Waals surface area (Å²) in [5.74, 6) is -0.964. The van der Waals surface area contributed by atoms with Gasteiger partial charge in [-0.1, -0.05) is 12.2 Å². The van der Waals surface area contributed by atoms with E-state index in [9.17, 15) is 4.79 Å². The van der Waals surface area contributed by atoms with Crippen molar-refractivity contribution < 1.29 is 9.90 Å². The monoisotopic (exact) mass is 153 g/mol. The molecule has 0 unspecified atom stereocenters. The highest BCUT2D eigenvalue weighted by molar-refractivity contribution is 6.08. The van der Waals surface area contributed by atoms with E-state index in [1.807, 2.05) is 6.92 Å². The lowest BCUT2D eigenvalue weighted by atomic mass is 10.2. The number of aliphatic imine (C=N–C) groups is 1. The average Bonchev–Trinajstić information content (AvgIpc) is 1.97. The molecule has 0 rings (SSSR count). The molecule has 1 N–H and O–H groups in total. The van der Waals surface area contributed by atoms with Crippen LogP contribution in [0.5, 0.6) is 0 Å². The highest BCUT2D eigenvalue weighted by atomic mass is 16.4. The molecule has 0 saturated heterocycles. The Balaban J connectivity index is 4.45. The van der Waals surface area contributed by atoms with E-state index >= 15 is 0 Å². The summed E-state index contributed by atoms with van der Waals surface area (Å²) in [6.07, 6.45) is 6.22. The number of nitrogens with zero attached hydrogens (tertiary/aromatic N) is 1. The molecule has 0 fully saturated rings. The second-order valence-electron chi connectivity index (χ2n) is 1.84. The van der Waals surface area contributed by atoms with E-state index in [0.717, 1.165) is 0 Å². The molecule has 0 aromatic carbocycles. The van der Waals surface area contributed by atoms with Crippen LogP contribution in [0.4, 0.5) is 0 Å². The highest BCUT2D eigenvalue weighted by Crippen LogP contribution is 1.91. The number of carbonyl (C=O) groups is 1. The highest BCUT2D eigenvalue weighted by Gasteiger charge is 2.00. The number of hydrogen-bond donors (Lipinski definition) is 1. The molecule has 0 radical (unpaired) electrons. The molecular weight excluding hydrogens is 142 g/mol. The van der Waals surface area contributed by atoms with Gasteiger partial charge in [0.1, 0.15) is 0 Å². The first-order valence-corrected chi connectivity index (χ1v) is 3.20. The van der Waals surface area contributed by atoms with Gasteiger partial charge in [-0.05, 0) is 13.0 Å². The second-order valence-corrected chi connectivity index (χ2v) is 1.84. The van der Waals surface area contributed by atoms with E-state index in [-0.39, 0.29) is 5.57 Å². The number of rotatable bonds is 3. The lowest BCUT2D eigenvalue weighted by Gasteiger charge is -1.88. The van der Waals surface area contributed by atoms with Gasteiger partial charge in [0.2, 0.25) is 0 Å². The Morgan fingerprint density at radius 1 is 1.55 bits per heavy atom. The van der Waals surface area contributed by atoms with Crippen molar-refractivity contribution in [3.8, 4) is 0 Å². The van der Waals surface area contributed by atoms with Gasteiger partial charge < -0.3 is 5.11 Å². The van der Waals surface area contributed by atoms with Gasteiger partial charge in [-0.3, -0.25) is 4.99 Å². The van der Waals surface area contributed by atoms with Gasteiger partial charge in [0.25, 0.3) is 0 Å². The van der Waals surface area contributed by atoms with Crippen molar-refractivity contribution in [2.24, 2.45) is 4.99 Å². The lowest BCUT2D eigenvalue weighted by Crippen LogP contribution is -2.00. The van der Waals surface area contributed by atoms with E-state index < -0.39 is 5.97 Å². The SMILES string of the molecule is CC=CC=C(C=NC)C(=O)O. The minimum absolute atomic E-state index is 0.186. The fourth-order valence-corrected chi connectivity index (χ4v) is 0.509. The molecule has 0 aromatic heterocycles. The molecule has 0 aliphatic carbocycles. The molecule has 0 bridgehead atoms. The summed E-state index contributed by atoms with van der Waals surface area (Å²) in [4.78, 5) is 14.0. The van der Waals surface area contributed by atoms with Crippen LogP contribution in [0.25, 0.3) is 0 Å². The Labute approximate surface area is 65.8 Å². The van der Waals surface area contributed by atoms with E-state index in [4.69, 9.17) is 5.11 Å². The average molecular weight is 153 g/mol.